The Morgan fingerprint density at radius 3 is 2.45 bits per heavy atom. The molecule has 168 valence electrons. The molecule has 0 bridgehead atoms. The van der Waals surface area contributed by atoms with Gasteiger partial charge in [0.05, 0.1) is 23.5 Å². The van der Waals surface area contributed by atoms with E-state index in [0.29, 0.717) is 23.9 Å². The molecule has 3 heterocycles. The molecular weight excluding hydrogens is 412 g/mol. The highest BCUT2D eigenvalue weighted by Gasteiger charge is 2.41. The maximum atomic E-state index is 11.8. The summed E-state index contributed by atoms with van der Waals surface area (Å²) in [6, 6.07) is 8.98. The number of sulfone groups is 1. The lowest BCUT2D eigenvalue weighted by Gasteiger charge is -2.37. The van der Waals surface area contributed by atoms with E-state index in [9.17, 15) is 8.42 Å². The standard InChI is InChI=1S/C23H32N4O3S/c1-18-4-6-19(7-5-18)23(9-2-3-10-23)22-24-21(30-25-22)16-26-11-13-27(14-12-26)20-8-15-31(28,29)17-20/h4-7,20H,2-3,8-17H2,1H3/t20-/m0/s1. The second-order valence-corrected chi connectivity index (χ2v) is 11.8. The number of rotatable bonds is 5. The van der Waals surface area contributed by atoms with Crippen LogP contribution in [0.25, 0.3) is 0 Å². The fourth-order valence-corrected chi connectivity index (χ4v) is 7.31. The Bertz CT molecular complexity index is 1000. The normalized spacial score (nSPS) is 26.4. The third-order valence-corrected chi connectivity index (χ3v) is 9.20. The van der Waals surface area contributed by atoms with Gasteiger partial charge in [-0.05, 0) is 31.7 Å². The Kier molecular flexibility index (Phi) is 5.65. The van der Waals surface area contributed by atoms with Crippen molar-refractivity contribution in [3.8, 4) is 0 Å². The van der Waals surface area contributed by atoms with Crippen LogP contribution in [0.15, 0.2) is 28.8 Å². The van der Waals surface area contributed by atoms with Crippen LogP contribution in [-0.4, -0.2) is 72.1 Å². The van der Waals surface area contributed by atoms with E-state index in [2.05, 4.69) is 46.1 Å². The predicted molar refractivity (Wildman–Crippen MR) is 119 cm³/mol. The third kappa shape index (κ3) is 4.30. The molecule has 1 aromatic carbocycles. The van der Waals surface area contributed by atoms with Crippen molar-refractivity contribution in [3.63, 3.8) is 0 Å². The van der Waals surface area contributed by atoms with E-state index >= 15 is 0 Å². The molecule has 7 nitrogen and oxygen atoms in total. The first-order valence-electron chi connectivity index (χ1n) is 11.5. The van der Waals surface area contributed by atoms with E-state index in [-0.39, 0.29) is 11.5 Å². The van der Waals surface area contributed by atoms with Crippen LogP contribution >= 0.6 is 0 Å². The Morgan fingerprint density at radius 2 is 1.81 bits per heavy atom. The zero-order chi connectivity index (χ0) is 21.5. The van der Waals surface area contributed by atoms with Gasteiger partial charge in [0, 0.05) is 32.2 Å². The quantitative estimate of drug-likeness (QED) is 0.701. The summed E-state index contributed by atoms with van der Waals surface area (Å²) >= 11 is 0. The molecule has 5 rings (SSSR count). The molecule has 2 aromatic rings. The molecule has 8 heteroatoms. The highest BCUT2D eigenvalue weighted by molar-refractivity contribution is 7.91. The van der Waals surface area contributed by atoms with Gasteiger partial charge in [0.25, 0.3) is 0 Å². The second kappa shape index (κ2) is 8.30. The van der Waals surface area contributed by atoms with Gasteiger partial charge in [0.1, 0.15) is 0 Å². The zero-order valence-electron chi connectivity index (χ0n) is 18.3. The lowest BCUT2D eigenvalue weighted by molar-refractivity contribution is 0.0926. The van der Waals surface area contributed by atoms with Crippen LogP contribution in [-0.2, 0) is 21.8 Å². The van der Waals surface area contributed by atoms with E-state index in [4.69, 9.17) is 9.51 Å². The van der Waals surface area contributed by atoms with E-state index in [0.717, 1.165) is 51.3 Å². The Balaban J connectivity index is 1.23. The summed E-state index contributed by atoms with van der Waals surface area (Å²) in [5.41, 5.74) is 2.44. The molecule has 31 heavy (non-hydrogen) atoms. The first-order valence-corrected chi connectivity index (χ1v) is 13.3. The number of hydrogen-bond acceptors (Lipinski definition) is 7. The average molecular weight is 445 g/mol. The Labute approximate surface area is 184 Å². The van der Waals surface area contributed by atoms with Crippen LogP contribution < -0.4 is 0 Å². The first-order chi connectivity index (χ1) is 14.9. The predicted octanol–water partition coefficient (Wildman–Crippen LogP) is 2.54. The third-order valence-electron chi connectivity index (χ3n) is 7.45. The number of nitrogens with zero attached hydrogens (tertiary/aromatic N) is 4. The highest BCUT2D eigenvalue weighted by Crippen LogP contribution is 2.45. The highest BCUT2D eigenvalue weighted by atomic mass is 32.2. The van der Waals surface area contributed by atoms with Gasteiger partial charge in [0.2, 0.25) is 5.89 Å². The smallest absolute Gasteiger partial charge is 0.240 e. The van der Waals surface area contributed by atoms with Crippen LogP contribution in [0.3, 0.4) is 0 Å². The summed E-state index contributed by atoms with van der Waals surface area (Å²) in [4.78, 5) is 9.54. The van der Waals surface area contributed by atoms with Crippen molar-refractivity contribution in [2.75, 3.05) is 37.7 Å². The van der Waals surface area contributed by atoms with Gasteiger partial charge in [-0.15, -0.1) is 0 Å². The van der Waals surface area contributed by atoms with Crippen LogP contribution in [0.1, 0.15) is 54.9 Å². The van der Waals surface area contributed by atoms with Crippen LogP contribution in [0.2, 0.25) is 0 Å². The van der Waals surface area contributed by atoms with Crippen molar-refractivity contribution in [1.29, 1.82) is 0 Å². The lowest BCUT2D eigenvalue weighted by atomic mass is 9.78. The van der Waals surface area contributed by atoms with E-state index in [1.165, 1.54) is 24.0 Å². The molecule has 0 amide bonds. The number of hydrogen-bond donors (Lipinski definition) is 0. The molecule has 2 aliphatic heterocycles. The molecule has 3 fully saturated rings. The van der Waals surface area contributed by atoms with Crippen LogP contribution in [0.4, 0.5) is 0 Å². The molecule has 1 aromatic heterocycles. The Morgan fingerprint density at radius 1 is 1.10 bits per heavy atom. The summed E-state index contributed by atoms with van der Waals surface area (Å²) in [7, 11) is -2.83. The van der Waals surface area contributed by atoms with Gasteiger partial charge in [-0.25, -0.2) is 8.42 Å². The van der Waals surface area contributed by atoms with Gasteiger partial charge in [-0.1, -0.05) is 47.8 Å². The number of aromatic nitrogens is 2. The van der Waals surface area contributed by atoms with Crippen molar-refractivity contribution < 1.29 is 12.9 Å². The van der Waals surface area contributed by atoms with E-state index < -0.39 is 9.84 Å². The minimum absolute atomic E-state index is 0.123. The maximum Gasteiger partial charge on any atom is 0.240 e. The van der Waals surface area contributed by atoms with Gasteiger partial charge in [-0.2, -0.15) is 4.98 Å². The van der Waals surface area contributed by atoms with Crippen LogP contribution in [0, 0.1) is 6.92 Å². The van der Waals surface area contributed by atoms with Gasteiger partial charge < -0.3 is 4.52 Å². The summed E-state index contributed by atoms with van der Waals surface area (Å²) in [6.07, 6.45) is 5.29. The van der Waals surface area contributed by atoms with Crippen molar-refractivity contribution in [3.05, 3.63) is 47.1 Å². The van der Waals surface area contributed by atoms with Crippen molar-refractivity contribution in [2.24, 2.45) is 0 Å². The topological polar surface area (TPSA) is 79.5 Å². The second-order valence-electron chi connectivity index (χ2n) is 9.54. The SMILES string of the molecule is Cc1ccc(C2(c3noc(CN4CCN([C@H]5CCS(=O)(=O)C5)CC4)n3)CCCC2)cc1. The molecule has 0 spiro atoms. The molecule has 0 unspecified atom stereocenters. The van der Waals surface area contributed by atoms with E-state index in [1.54, 1.807) is 0 Å². The molecule has 2 saturated heterocycles. The number of aryl methyl sites for hydroxylation is 1. The molecule has 0 N–H and O–H groups in total. The minimum Gasteiger partial charge on any atom is -0.338 e. The first kappa shape index (κ1) is 21.1. The summed E-state index contributed by atoms with van der Waals surface area (Å²) in [5, 5.41) is 4.44. The van der Waals surface area contributed by atoms with E-state index in [1.807, 2.05) is 0 Å². The minimum atomic E-state index is -2.83. The fourth-order valence-electron chi connectivity index (χ4n) is 5.55. The molecule has 1 saturated carbocycles. The van der Waals surface area contributed by atoms with Crippen molar-refractivity contribution in [2.45, 2.75) is 57.0 Å². The molecule has 3 aliphatic rings. The van der Waals surface area contributed by atoms with Crippen molar-refractivity contribution in [1.82, 2.24) is 19.9 Å². The molecule has 1 atom stereocenters. The molecule has 0 radical (unpaired) electrons. The largest absolute Gasteiger partial charge is 0.338 e. The number of benzene rings is 1. The van der Waals surface area contributed by atoms with Gasteiger partial charge in [-0.3, -0.25) is 9.80 Å². The molecular formula is C23H32N4O3S. The summed E-state index contributed by atoms with van der Waals surface area (Å²) < 4.78 is 29.3. The Hall–Kier alpha value is -1.77. The molecule has 1 aliphatic carbocycles. The fraction of sp³-hybridized carbons (Fsp3) is 0.652. The zero-order valence-corrected chi connectivity index (χ0v) is 19.1. The average Bonchev–Trinajstić information content (AvgIpc) is 3.49. The summed E-state index contributed by atoms with van der Waals surface area (Å²) in [5.74, 6) is 2.18. The van der Waals surface area contributed by atoms with Crippen molar-refractivity contribution >= 4 is 9.84 Å². The summed E-state index contributed by atoms with van der Waals surface area (Å²) in [6.45, 7) is 6.37. The number of piperazine rings is 1. The van der Waals surface area contributed by atoms with Gasteiger partial charge in [0.15, 0.2) is 15.7 Å². The lowest BCUT2D eigenvalue weighted by Crippen LogP contribution is -2.50. The van der Waals surface area contributed by atoms with Gasteiger partial charge >= 0.3 is 0 Å². The maximum absolute atomic E-state index is 11.8. The van der Waals surface area contributed by atoms with Crippen LogP contribution in [0.5, 0.6) is 0 Å². The monoisotopic (exact) mass is 444 g/mol.